The molecule has 2 bridgehead atoms. The number of aliphatic imine (C=N–C) groups is 1. The van der Waals surface area contributed by atoms with Gasteiger partial charge in [-0.3, -0.25) is 0 Å². The maximum absolute atomic E-state index is 13.9. The molecule has 0 radical (unpaired) electrons. The number of nitrogens with two attached hydrogens (primary N) is 1. The van der Waals surface area contributed by atoms with Crippen LogP contribution in [0.5, 0.6) is 0 Å². The molecule has 9 heteroatoms. The first kappa shape index (κ1) is 20.8. The number of rotatable bonds is 3. The van der Waals surface area contributed by atoms with Gasteiger partial charge in [0.05, 0.1) is 5.57 Å². The number of hydrogen-bond acceptors (Lipinski definition) is 6. The lowest BCUT2D eigenvalue weighted by Gasteiger charge is -2.42. The molecule has 0 amide bonds. The van der Waals surface area contributed by atoms with Crippen LogP contribution in [0, 0.1) is 5.92 Å². The van der Waals surface area contributed by atoms with Crippen molar-refractivity contribution in [2.24, 2.45) is 16.6 Å². The highest BCUT2D eigenvalue weighted by molar-refractivity contribution is 5.95. The maximum Gasteiger partial charge on any atom is 0.417 e. The van der Waals surface area contributed by atoms with E-state index in [9.17, 15) is 13.2 Å². The van der Waals surface area contributed by atoms with E-state index in [0.29, 0.717) is 18.5 Å². The molecule has 0 spiro atoms. The molecule has 3 unspecified atom stereocenters. The quantitative estimate of drug-likeness (QED) is 0.587. The van der Waals surface area contributed by atoms with Gasteiger partial charge in [0, 0.05) is 35.9 Å². The Balaban J connectivity index is 1.46. The van der Waals surface area contributed by atoms with Gasteiger partial charge >= 0.3 is 6.18 Å². The Morgan fingerprint density at radius 3 is 2.58 bits per heavy atom. The number of halogens is 3. The second kappa shape index (κ2) is 7.21. The standard InChI is InChI=1S/C22H29F3N6/c1-31(2)18-5-3-4-15(18)21(26)19(22(23,24)25)11-27-20(30-21)28-12-6-7-13-14(10-12)17-9-8-16(13)29-17/h6-7,10-11,15-18,29H,3-5,8-9,26H2,1-2H3,(H2,27,28,30)/t15-,16?,17?,18-,21?/m1/s1. The second-order valence-corrected chi connectivity index (χ2v) is 9.37. The van der Waals surface area contributed by atoms with Crippen molar-refractivity contribution in [3.8, 4) is 0 Å². The minimum atomic E-state index is -4.56. The van der Waals surface area contributed by atoms with E-state index < -0.39 is 23.3 Å². The van der Waals surface area contributed by atoms with Gasteiger partial charge in [-0.1, -0.05) is 12.5 Å². The smallest absolute Gasteiger partial charge is 0.332 e. The third kappa shape index (κ3) is 3.43. The summed E-state index contributed by atoms with van der Waals surface area (Å²) >= 11 is 0. The molecule has 1 aromatic carbocycles. The number of anilines is 1. The number of alkyl halides is 3. The Labute approximate surface area is 180 Å². The van der Waals surface area contributed by atoms with Gasteiger partial charge in [0.1, 0.15) is 5.66 Å². The van der Waals surface area contributed by atoms with E-state index in [4.69, 9.17) is 5.73 Å². The van der Waals surface area contributed by atoms with Crippen molar-refractivity contribution >= 4 is 11.6 Å². The lowest BCUT2D eigenvalue weighted by molar-refractivity contribution is -0.105. The minimum absolute atomic E-state index is 0.0551. The minimum Gasteiger partial charge on any atom is -0.332 e. The Bertz CT molecular complexity index is 940. The molecular weight excluding hydrogens is 405 g/mol. The largest absolute Gasteiger partial charge is 0.417 e. The fourth-order valence-electron chi connectivity index (χ4n) is 5.90. The van der Waals surface area contributed by atoms with Gasteiger partial charge in [-0.05, 0) is 63.0 Å². The van der Waals surface area contributed by atoms with Crippen LogP contribution in [-0.2, 0) is 0 Å². The topological polar surface area (TPSA) is 77.7 Å². The van der Waals surface area contributed by atoms with E-state index in [1.54, 1.807) is 0 Å². The summed E-state index contributed by atoms with van der Waals surface area (Å²) in [4.78, 5) is 6.42. The number of benzene rings is 1. The Hall–Kier alpha value is -2.10. The van der Waals surface area contributed by atoms with Crippen LogP contribution in [0.3, 0.4) is 0 Å². The summed E-state index contributed by atoms with van der Waals surface area (Å²) < 4.78 is 41.7. The average Bonchev–Trinajstić information content (AvgIpc) is 3.43. The highest BCUT2D eigenvalue weighted by atomic mass is 19.4. The van der Waals surface area contributed by atoms with Crippen molar-refractivity contribution in [1.29, 1.82) is 0 Å². The summed E-state index contributed by atoms with van der Waals surface area (Å²) in [7, 11) is 3.78. The van der Waals surface area contributed by atoms with E-state index in [-0.39, 0.29) is 12.0 Å². The lowest BCUT2D eigenvalue weighted by Crippen LogP contribution is -2.59. The van der Waals surface area contributed by atoms with Gasteiger partial charge < -0.3 is 26.6 Å². The SMILES string of the molecule is CN(C)[C@@H]1CCC[C@H]1C1(N)N=C(Nc2ccc3c(c2)C2CCC3N2)NC=C1C(F)(F)F. The lowest BCUT2D eigenvalue weighted by atomic mass is 9.82. The second-order valence-electron chi connectivity index (χ2n) is 9.37. The molecule has 5 N–H and O–H groups in total. The molecule has 31 heavy (non-hydrogen) atoms. The molecule has 4 aliphatic rings. The highest BCUT2D eigenvalue weighted by Crippen LogP contribution is 2.47. The van der Waals surface area contributed by atoms with Crippen molar-refractivity contribution in [2.45, 2.75) is 62.1 Å². The van der Waals surface area contributed by atoms with Crippen LogP contribution < -0.4 is 21.7 Å². The van der Waals surface area contributed by atoms with Crippen LogP contribution in [0.2, 0.25) is 0 Å². The van der Waals surface area contributed by atoms with E-state index in [1.165, 1.54) is 11.1 Å². The number of fused-ring (bicyclic) bond motifs is 5. The third-order valence-electron chi connectivity index (χ3n) is 7.34. The van der Waals surface area contributed by atoms with Gasteiger partial charge in [0.15, 0.2) is 0 Å². The predicted octanol–water partition coefficient (Wildman–Crippen LogP) is 3.37. The zero-order chi connectivity index (χ0) is 22.0. The van der Waals surface area contributed by atoms with Crippen molar-refractivity contribution in [2.75, 3.05) is 19.4 Å². The molecule has 1 saturated heterocycles. The van der Waals surface area contributed by atoms with Gasteiger partial charge in [-0.2, -0.15) is 13.2 Å². The highest BCUT2D eigenvalue weighted by Gasteiger charge is 2.55. The van der Waals surface area contributed by atoms with E-state index in [1.807, 2.05) is 25.1 Å². The zero-order valence-corrected chi connectivity index (χ0v) is 17.8. The van der Waals surface area contributed by atoms with Gasteiger partial charge in [-0.15, -0.1) is 0 Å². The summed E-state index contributed by atoms with van der Waals surface area (Å²) in [5, 5.41) is 9.45. The third-order valence-corrected chi connectivity index (χ3v) is 7.34. The fraction of sp³-hybridized carbons (Fsp3) is 0.591. The van der Waals surface area contributed by atoms with E-state index in [0.717, 1.165) is 37.6 Å². The molecule has 0 aromatic heterocycles. The number of hydrogen-bond donors (Lipinski definition) is 4. The molecule has 5 rings (SSSR count). The van der Waals surface area contributed by atoms with Gasteiger partial charge in [0.25, 0.3) is 0 Å². The molecule has 3 heterocycles. The normalized spacial score (nSPS) is 34.4. The van der Waals surface area contributed by atoms with Crippen molar-refractivity contribution < 1.29 is 13.2 Å². The van der Waals surface area contributed by atoms with Crippen LogP contribution in [0.4, 0.5) is 18.9 Å². The van der Waals surface area contributed by atoms with Crippen LogP contribution in [0.15, 0.2) is 35.0 Å². The molecule has 3 aliphatic heterocycles. The summed E-state index contributed by atoms with van der Waals surface area (Å²) in [6.07, 6.45) is 0.936. The number of guanidine groups is 1. The number of nitrogens with one attached hydrogen (secondary N) is 3. The fourth-order valence-corrected chi connectivity index (χ4v) is 5.90. The van der Waals surface area contributed by atoms with E-state index in [2.05, 4.69) is 33.1 Å². The monoisotopic (exact) mass is 434 g/mol. The van der Waals surface area contributed by atoms with Crippen LogP contribution >= 0.6 is 0 Å². The van der Waals surface area contributed by atoms with Crippen molar-refractivity contribution in [3.05, 3.63) is 41.1 Å². The summed E-state index contributed by atoms with van der Waals surface area (Å²) in [6, 6.07) is 6.82. The summed E-state index contributed by atoms with van der Waals surface area (Å²) in [5.41, 5.74) is 7.22. The summed E-state index contributed by atoms with van der Waals surface area (Å²) in [5.74, 6) is -0.176. The molecule has 6 nitrogen and oxygen atoms in total. The number of nitrogens with zero attached hydrogens (tertiary/aromatic N) is 2. The molecular formula is C22H29F3N6. The molecule has 1 aromatic rings. The van der Waals surface area contributed by atoms with Gasteiger partial charge in [-0.25, -0.2) is 4.99 Å². The van der Waals surface area contributed by atoms with Crippen LogP contribution in [0.25, 0.3) is 0 Å². The maximum atomic E-state index is 13.9. The molecule has 168 valence electrons. The molecule has 2 fully saturated rings. The average molecular weight is 435 g/mol. The first-order chi connectivity index (χ1) is 14.7. The van der Waals surface area contributed by atoms with Crippen LogP contribution in [0.1, 0.15) is 55.3 Å². The molecule has 1 aliphatic carbocycles. The Kier molecular flexibility index (Phi) is 4.84. The Morgan fingerprint density at radius 1 is 1.13 bits per heavy atom. The summed E-state index contributed by atoms with van der Waals surface area (Å²) in [6.45, 7) is 0. The predicted molar refractivity (Wildman–Crippen MR) is 114 cm³/mol. The molecule has 1 saturated carbocycles. The van der Waals surface area contributed by atoms with Crippen LogP contribution in [-0.4, -0.2) is 42.8 Å². The Morgan fingerprint density at radius 2 is 1.87 bits per heavy atom. The molecule has 5 atom stereocenters. The van der Waals surface area contributed by atoms with Gasteiger partial charge in [0.2, 0.25) is 5.96 Å². The first-order valence-corrected chi connectivity index (χ1v) is 10.9. The zero-order valence-electron chi connectivity index (χ0n) is 17.8. The first-order valence-electron chi connectivity index (χ1n) is 10.9. The van der Waals surface area contributed by atoms with E-state index >= 15 is 0 Å². The van der Waals surface area contributed by atoms with Crippen molar-refractivity contribution in [3.63, 3.8) is 0 Å². The van der Waals surface area contributed by atoms with Crippen molar-refractivity contribution in [1.82, 2.24) is 15.5 Å².